The van der Waals surface area contributed by atoms with Crippen molar-refractivity contribution in [3.63, 3.8) is 0 Å². The molecule has 0 saturated carbocycles. The molecule has 3 aromatic heterocycles. The minimum atomic E-state index is -1.36. The van der Waals surface area contributed by atoms with Crippen molar-refractivity contribution in [2.45, 2.75) is 33.2 Å². The molecule has 0 aromatic carbocycles. The van der Waals surface area contributed by atoms with Crippen LogP contribution >= 0.6 is 0 Å². The third-order valence-corrected chi connectivity index (χ3v) is 4.03. The number of nitrogens with one attached hydrogen (secondary N) is 2. The summed E-state index contributed by atoms with van der Waals surface area (Å²) in [5.41, 5.74) is -0.324. The van der Waals surface area contributed by atoms with Gasteiger partial charge in [-0.25, -0.2) is 19.7 Å². The van der Waals surface area contributed by atoms with E-state index in [0.29, 0.717) is 16.9 Å². The van der Waals surface area contributed by atoms with Gasteiger partial charge in [0.05, 0.1) is 23.3 Å². The summed E-state index contributed by atoms with van der Waals surface area (Å²) < 4.78 is 0.946. The molecule has 0 aliphatic rings. The van der Waals surface area contributed by atoms with Gasteiger partial charge in [-0.1, -0.05) is 13.3 Å². The number of hydrogen-bond donors (Lipinski definition) is 3. The first-order valence-electron chi connectivity index (χ1n) is 8.53. The van der Waals surface area contributed by atoms with Crippen LogP contribution in [0.1, 0.15) is 41.6 Å². The van der Waals surface area contributed by atoms with Crippen LogP contribution in [-0.4, -0.2) is 42.3 Å². The van der Waals surface area contributed by atoms with E-state index in [1.165, 1.54) is 6.33 Å². The number of aromatic carboxylic acids is 1. The SMILES string of the molecule is CCCCOn1c(=O)c(C(=O)O)c(NCc2ncc[nH]2)c2c(C)ncnc21. The molecule has 0 saturated heterocycles. The molecule has 0 spiro atoms. The van der Waals surface area contributed by atoms with Crippen LogP contribution in [0, 0.1) is 6.92 Å². The fraction of sp³-hybridized carbons (Fsp3) is 0.353. The lowest BCUT2D eigenvalue weighted by atomic mass is 10.1. The number of aromatic nitrogens is 5. The number of aryl methyl sites for hydroxylation is 1. The van der Waals surface area contributed by atoms with Gasteiger partial charge in [-0.15, -0.1) is 4.73 Å². The number of nitrogens with zero attached hydrogens (tertiary/aromatic N) is 4. The summed E-state index contributed by atoms with van der Waals surface area (Å²) in [6.07, 6.45) is 6.14. The molecule has 0 bridgehead atoms. The van der Waals surface area contributed by atoms with E-state index < -0.39 is 17.1 Å². The van der Waals surface area contributed by atoms with Gasteiger partial charge in [-0.3, -0.25) is 4.79 Å². The van der Waals surface area contributed by atoms with E-state index in [2.05, 4.69) is 25.3 Å². The number of aromatic amines is 1. The predicted molar refractivity (Wildman–Crippen MR) is 97.8 cm³/mol. The van der Waals surface area contributed by atoms with E-state index in [-0.39, 0.29) is 24.5 Å². The Balaban J connectivity index is 2.20. The first kappa shape index (κ1) is 18.4. The van der Waals surface area contributed by atoms with E-state index in [9.17, 15) is 14.7 Å². The van der Waals surface area contributed by atoms with Crippen molar-refractivity contribution in [3.8, 4) is 0 Å². The largest absolute Gasteiger partial charge is 0.477 e. The molecule has 10 nitrogen and oxygen atoms in total. The Kier molecular flexibility index (Phi) is 5.34. The summed E-state index contributed by atoms with van der Waals surface area (Å²) in [4.78, 5) is 45.6. The zero-order chi connectivity index (χ0) is 19.4. The highest BCUT2D eigenvalue weighted by Gasteiger charge is 2.25. The van der Waals surface area contributed by atoms with Gasteiger partial charge in [0.15, 0.2) is 11.2 Å². The van der Waals surface area contributed by atoms with Crippen LogP contribution in [-0.2, 0) is 6.54 Å². The zero-order valence-electron chi connectivity index (χ0n) is 15.0. The first-order valence-corrected chi connectivity index (χ1v) is 8.53. The second kappa shape index (κ2) is 7.85. The van der Waals surface area contributed by atoms with Crippen molar-refractivity contribution in [3.05, 3.63) is 46.2 Å². The quantitative estimate of drug-likeness (QED) is 0.505. The van der Waals surface area contributed by atoms with Gasteiger partial charge in [0.1, 0.15) is 18.8 Å². The highest BCUT2D eigenvalue weighted by atomic mass is 16.7. The fourth-order valence-corrected chi connectivity index (χ4v) is 2.70. The van der Waals surface area contributed by atoms with Crippen LogP contribution in [0.5, 0.6) is 0 Å². The molecule has 0 amide bonds. The van der Waals surface area contributed by atoms with Crippen LogP contribution < -0.4 is 15.7 Å². The second-order valence-electron chi connectivity index (χ2n) is 5.89. The maximum atomic E-state index is 12.8. The van der Waals surface area contributed by atoms with Crippen molar-refractivity contribution < 1.29 is 14.7 Å². The molecule has 0 aliphatic heterocycles. The summed E-state index contributed by atoms with van der Waals surface area (Å²) in [6.45, 7) is 4.18. The number of rotatable bonds is 8. The summed E-state index contributed by atoms with van der Waals surface area (Å²) in [6, 6.07) is 0. The molecule has 3 aromatic rings. The van der Waals surface area contributed by atoms with E-state index >= 15 is 0 Å². The van der Waals surface area contributed by atoms with E-state index in [4.69, 9.17) is 4.84 Å². The summed E-state index contributed by atoms with van der Waals surface area (Å²) >= 11 is 0. The van der Waals surface area contributed by atoms with Gasteiger partial charge in [0.25, 0.3) is 0 Å². The molecule has 0 unspecified atom stereocenters. The molecule has 0 radical (unpaired) electrons. The Bertz CT molecular complexity index is 1010. The molecule has 27 heavy (non-hydrogen) atoms. The van der Waals surface area contributed by atoms with Crippen molar-refractivity contribution >= 4 is 22.7 Å². The standard InChI is InChI=1S/C17H20N6O4/c1-3-4-7-27-23-15-12(10(2)21-9-22-15)14(13(16(23)24)17(25)26)20-8-11-18-5-6-19-11/h5-6,9,20H,3-4,7-8H2,1-2H3,(H,18,19)(H,25,26). The number of pyridine rings is 1. The number of H-pyrrole nitrogens is 1. The van der Waals surface area contributed by atoms with Gasteiger partial charge >= 0.3 is 11.5 Å². The minimum absolute atomic E-state index is 0.146. The predicted octanol–water partition coefficient (Wildman–Crippen LogP) is 1.36. The topological polar surface area (TPSA) is 135 Å². The maximum absolute atomic E-state index is 12.8. The number of hydrogen-bond acceptors (Lipinski definition) is 7. The summed E-state index contributed by atoms with van der Waals surface area (Å²) in [7, 11) is 0. The average molecular weight is 372 g/mol. The molecule has 3 heterocycles. The van der Waals surface area contributed by atoms with Gasteiger partial charge in [-0.05, 0) is 13.3 Å². The number of carboxylic acid groups (broad SMARTS) is 1. The third kappa shape index (κ3) is 3.59. The number of fused-ring (bicyclic) bond motifs is 1. The zero-order valence-corrected chi connectivity index (χ0v) is 15.0. The molecular weight excluding hydrogens is 352 g/mol. The summed E-state index contributed by atoms with van der Waals surface area (Å²) in [5.74, 6) is -0.766. The molecular formula is C17H20N6O4. The molecule has 3 rings (SSSR count). The van der Waals surface area contributed by atoms with Gasteiger partial charge in [0, 0.05) is 12.4 Å². The van der Waals surface area contributed by atoms with E-state index in [1.807, 2.05) is 6.92 Å². The monoisotopic (exact) mass is 372 g/mol. The number of unbranched alkanes of at least 4 members (excludes halogenated alkanes) is 1. The lowest BCUT2D eigenvalue weighted by Crippen LogP contribution is -2.34. The molecule has 0 fully saturated rings. The third-order valence-electron chi connectivity index (χ3n) is 4.03. The van der Waals surface area contributed by atoms with E-state index in [1.54, 1.807) is 19.3 Å². The summed E-state index contributed by atoms with van der Waals surface area (Å²) in [5, 5.41) is 13.1. The molecule has 0 atom stereocenters. The Labute approximate surface area is 154 Å². The smallest absolute Gasteiger partial charge is 0.343 e. The van der Waals surface area contributed by atoms with Crippen LogP contribution in [0.2, 0.25) is 0 Å². The number of carbonyl (C=O) groups is 1. The van der Waals surface area contributed by atoms with Crippen LogP contribution in [0.3, 0.4) is 0 Å². The highest BCUT2D eigenvalue weighted by Crippen LogP contribution is 2.26. The second-order valence-corrected chi connectivity index (χ2v) is 5.89. The molecule has 0 aliphatic carbocycles. The molecule has 142 valence electrons. The first-order chi connectivity index (χ1) is 13.0. The molecule has 3 N–H and O–H groups in total. The highest BCUT2D eigenvalue weighted by molar-refractivity contribution is 6.04. The van der Waals surface area contributed by atoms with Crippen molar-refractivity contribution in [2.75, 3.05) is 11.9 Å². The normalized spacial score (nSPS) is 10.9. The van der Waals surface area contributed by atoms with E-state index in [0.717, 1.165) is 17.6 Å². The van der Waals surface area contributed by atoms with Crippen LogP contribution in [0.4, 0.5) is 5.69 Å². The lowest BCUT2D eigenvalue weighted by Gasteiger charge is -2.17. The van der Waals surface area contributed by atoms with Crippen molar-refractivity contribution in [1.82, 2.24) is 24.7 Å². The average Bonchev–Trinajstić information content (AvgIpc) is 3.15. The minimum Gasteiger partial charge on any atom is -0.477 e. The fourth-order valence-electron chi connectivity index (χ4n) is 2.70. The Hall–Kier alpha value is -3.43. The Morgan fingerprint density at radius 1 is 1.37 bits per heavy atom. The van der Waals surface area contributed by atoms with Crippen molar-refractivity contribution in [1.29, 1.82) is 0 Å². The Morgan fingerprint density at radius 3 is 2.85 bits per heavy atom. The number of carboxylic acids is 1. The van der Waals surface area contributed by atoms with Crippen molar-refractivity contribution in [2.24, 2.45) is 0 Å². The van der Waals surface area contributed by atoms with Gasteiger partial charge in [0.2, 0.25) is 0 Å². The number of imidazole rings is 1. The lowest BCUT2D eigenvalue weighted by molar-refractivity contribution is 0.0682. The molecule has 10 heteroatoms. The van der Waals surface area contributed by atoms with Gasteiger partial charge in [-0.2, -0.15) is 0 Å². The number of anilines is 1. The van der Waals surface area contributed by atoms with Gasteiger partial charge < -0.3 is 20.2 Å². The maximum Gasteiger partial charge on any atom is 0.343 e. The van der Waals surface area contributed by atoms with Crippen LogP contribution in [0.15, 0.2) is 23.5 Å². The Morgan fingerprint density at radius 2 is 2.19 bits per heavy atom. The van der Waals surface area contributed by atoms with Crippen LogP contribution in [0.25, 0.3) is 11.0 Å².